The molecule has 0 amide bonds. The van der Waals surface area contributed by atoms with Crippen LogP contribution in [0.5, 0.6) is 0 Å². The molecule has 1 N–H and O–H groups in total. The van der Waals surface area contributed by atoms with Crippen molar-refractivity contribution in [2.45, 2.75) is 26.7 Å². The first-order valence-electron chi connectivity index (χ1n) is 6.50. The highest BCUT2D eigenvalue weighted by Gasteiger charge is 2.05. The summed E-state index contributed by atoms with van der Waals surface area (Å²) in [6, 6.07) is 8.82. The zero-order chi connectivity index (χ0) is 12.1. The Labute approximate surface area is 103 Å². The largest absolute Gasteiger partial charge is 0.372 e. The lowest BCUT2D eigenvalue weighted by atomic mass is 10.1. The molecule has 0 aliphatic heterocycles. The van der Waals surface area contributed by atoms with E-state index in [1.54, 1.807) is 0 Å². The fourth-order valence-electron chi connectivity index (χ4n) is 2.22. The number of H-pyrrole nitrogens is 1. The summed E-state index contributed by atoms with van der Waals surface area (Å²) < 4.78 is 0. The average molecular weight is 229 g/mol. The third-order valence-corrected chi connectivity index (χ3v) is 3.02. The van der Waals surface area contributed by atoms with E-state index in [1.165, 1.54) is 29.3 Å². The lowest BCUT2D eigenvalue weighted by Crippen LogP contribution is -2.24. The van der Waals surface area contributed by atoms with Crippen molar-refractivity contribution < 1.29 is 4.98 Å². The third kappa shape index (κ3) is 2.76. The highest BCUT2D eigenvalue weighted by Crippen LogP contribution is 2.21. The average Bonchev–Trinajstić information content (AvgIpc) is 2.38. The van der Waals surface area contributed by atoms with Crippen molar-refractivity contribution >= 4 is 16.5 Å². The zero-order valence-corrected chi connectivity index (χ0v) is 10.7. The Morgan fingerprint density at radius 3 is 2.47 bits per heavy atom. The molecular formula is C15H21N2+. The van der Waals surface area contributed by atoms with Gasteiger partial charge >= 0.3 is 0 Å². The third-order valence-electron chi connectivity index (χ3n) is 3.02. The lowest BCUT2D eigenvalue weighted by molar-refractivity contribution is -0.375. The predicted molar refractivity (Wildman–Crippen MR) is 73.3 cm³/mol. The van der Waals surface area contributed by atoms with Gasteiger partial charge in [0, 0.05) is 30.2 Å². The quantitative estimate of drug-likeness (QED) is 0.769. The Morgan fingerprint density at radius 2 is 1.76 bits per heavy atom. The molecule has 0 spiro atoms. The van der Waals surface area contributed by atoms with Crippen LogP contribution in [0.25, 0.3) is 10.8 Å². The number of hydrogen-bond donors (Lipinski definition) is 0. The van der Waals surface area contributed by atoms with Crippen LogP contribution in [-0.4, -0.2) is 13.1 Å². The van der Waals surface area contributed by atoms with Crippen molar-refractivity contribution in [2.24, 2.45) is 0 Å². The predicted octanol–water partition coefficient (Wildman–Crippen LogP) is 3.28. The molecule has 2 rings (SSSR count). The van der Waals surface area contributed by atoms with Gasteiger partial charge in [-0.2, -0.15) is 0 Å². The van der Waals surface area contributed by atoms with Crippen LogP contribution in [0.4, 0.5) is 5.69 Å². The van der Waals surface area contributed by atoms with Gasteiger partial charge in [-0.25, -0.2) is 4.98 Å². The maximum Gasteiger partial charge on any atom is 0.174 e. The first-order valence-corrected chi connectivity index (χ1v) is 6.50. The van der Waals surface area contributed by atoms with E-state index in [4.69, 9.17) is 0 Å². The molecule has 0 atom stereocenters. The normalized spacial score (nSPS) is 10.7. The fourth-order valence-corrected chi connectivity index (χ4v) is 2.22. The maximum absolute atomic E-state index is 3.15. The summed E-state index contributed by atoms with van der Waals surface area (Å²) in [5, 5.41) is 2.57. The Balaban J connectivity index is 2.32. The summed E-state index contributed by atoms with van der Waals surface area (Å²) in [7, 11) is 0. The first-order chi connectivity index (χ1) is 8.35. The van der Waals surface area contributed by atoms with Gasteiger partial charge < -0.3 is 4.90 Å². The van der Waals surface area contributed by atoms with Gasteiger partial charge in [0.25, 0.3) is 0 Å². The number of fused-ring (bicyclic) bond motifs is 1. The summed E-state index contributed by atoms with van der Waals surface area (Å²) in [5.41, 5.74) is 1.33. The van der Waals surface area contributed by atoms with E-state index >= 15 is 0 Å². The number of anilines is 1. The molecule has 0 saturated heterocycles. The second kappa shape index (κ2) is 5.67. The standard InChI is InChI=1S/C15H20N2/c1-3-9-17(10-4-2)15-6-5-13-7-8-16-12-14(13)11-15/h5-8,11-12H,3-4,9-10H2,1-2H3/p+1. The van der Waals surface area contributed by atoms with E-state index in [-0.39, 0.29) is 0 Å². The molecule has 2 heteroatoms. The molecule has 1 heterocycles. The second-order valence-electron chi connectivity index (χ2n) is 4.44. The van der Waals surface area contributed by atoms with Crippen molar-refractivity contribution in [2.75, 3.05) is 18.0 Å². The van der Waals surface area contributed by atoms with Crippen molar-refractivity contribution in [3.63, 3.8) is 0 Å². The van der Waals surface area contributed by atoms with E-state index in [2.05, 4.69) is 54.2 Å². The molecule has 1 aromatic carbocycles. The van der Waals surface area contributed by atoms with Gasteiger partial charge in [0.15, 0.2) is 12.4 Å². The van der Waals surface area contributed by atoms with E-state index in [0.29, 0.717) is 0 Å². The number of aromatic nitrogens is 1. The van der Waals surface area contributed by atoms with Crippen LogP contribution < -0.4 is 9.88 Å². The number of rotatable bonds is 5. The van der Waals surface area contributed by atoms with Crippen LogP contribution in [0.3, 0.4) is 0 Å². The van der Waals surface area contributed by atoms with Crippen molar-refractivity contribution in [1.82, 2.24) is 0 Å². The lowest BCUT2D eigenvalue weighted by Gasteiger charge is -2.23. The monoisotopic (exact) mass is 229 g/mol. The van der Waals surface area contributed by atoms with E-state index in [1.807, 2.05) is 6.20 Å². The SMILES string of the molecule is CCCN(CCC)c1ccc2cc[nH+]cc2c1. The molecule has 0 fully saturated rings. The molecule has 0 saturated carbocycles. The highest BCUT2D eigenvalue weighted by atomic mass is 15.1. The molecule has 90 valence electrons. The fraction of sp³-hybridized carbons (Fsp3) is 0.400. The summed E-state index contributed by atoms with van der Waals surface area (Å²) in [6.07, 6.45) is 6.42. The van der Waals surface area contributed by atoms with Gasteiger partial charge in [0.1, 0.15) is 0 Å². The summed E-state index contributed by atoms with van der Waals surface area (Å²) in [6.45, 7) is 6.74. The number of aromatic amines is 1. The van der Waals surface area contributed by atoms with Crippen LogP contribution in [-0.2, 0) is 0 Å². The van der Waals surface area contributed by atoms with Crippen molar-refractivity contribution in [3.05, 3.63) is 36.7 Å². The van der Waals surface area contributed by atoms with Gasteiger partial charge in [-0.15, -0.1) is 0 Å². The minimum absolute atomic E-state index is 1.13. The highest BCUT2D eigenvalue weighted by molar-refractivity contribution is 5.84. The van der Waals surface area contributed by atoms with Crippen LogP contribution in [0.15, 0.2) is 36.7 Å². The first kappa shape index (κ1) is 11.9. The molecule has 0 aliphatic rings. The molecule has 0 aliphatic carbocycles. The molecule has 1 aromatic heterocycles. The molecule has 17 heavy (non-hydrogen) atoms. The number of benzene rings is 1. The molecule has 0 unspecified atom stereocenters. The van der Waals surface area contributed by atoms with Crippen LogP contribution in [0.1, 0.15) is 26.7 Å². The number of pyridine rings is 1. The number of hydrogen-bond acceptors (Lipinski definition) is 1. The number of nitrogens with one attached hydrogen (secondary N) is 1. The number of nitrogens with zero attached hydrogens (tertiary/aromatic N) is 1. The van der Waals surface area contributed by atoms with Crippen molar-refractivity contribution in [3.8, 4) is 0 Å². The molecular weight excluding hydrogens is 208 g/mol. The van der Waals surface area contributed by atoms with Gasteiger partial charge in [0.05, 0.1) is 0 Å². The van der Waals surface area contributed by atoms with Gasteiger partial charge in [-0.1, -0.05) is 19.9 Å². The Hall–Kier alpha value is -1.57. The van der Waals surface area contributed by atoms with Gasteiger partial charge in [-0.3, -0.25) is 0 Å². The summed E-state index contributed by atoms with van der Waals surface area (Å²) in [4.78, 5) is 5.61. The summed E-state index contributed by atoms with van der Waals surface area (Å²) >= 11 is 0. The second-order valence-corrected chi connectivity index (χ2v) is 4.44. The Morgan fingerprint density at radius 1 is 1.00 bits per heavy atom. The van der Waals surface area contributed by atoms with Crippen molar-refractivity contribution in [1.29, 1.82) is 0 Å². The molecule has 0 bridgehead atoms. The van der Waals surface area contributed by atoms with Crippen LogP contribution >= 0.6 is 0 Å². The molecule has 2 nitrogen and oxygen atoms in total. The minimum atomic E-state index is 1.13. The minimum Gasteiger partial charge on any atom is -0.372 e. The summed E-state index contributed by atoms with van der Waals surface area (Å²) in [5.74, 6) is 0. The van der Waals surface area contributed by atoms with Crippen LogP contribution in [0, 0.1) is 0 Å². The van der Waals surface area contributed by atoms with E-state index < -0.39 is 0 Å². The molecule has 0 radical (unpaired) electrons. The zero-order valence-electron chi connectivity index (χ0n) is 10.7. The Kier molecular flexibility index (Phi) is 3.97. The Bertz CT molecular complexity index is 473. The van der Waals surface area contributed by atoms with E-state index in [9.17, 15) is 0 Å². The topological polar surface area (TPSA) is 17.4 Å². The van der Waals surface area contributed by atoms with E-state index in [0.717, 1.165) is 13.1 Å². The van der Waals surface area contributed by atoms with Gasteiger partial charge in [0.2, 0.25) is 0 Å². The smallest absolute Gasteiger partial charge is 0.174 e. The van der Waals surface area contributed by atoms with Gasteiger partial charge in [-0.05, 0) is 30.4 Å². The molecule has 2 aromatic rings. The van der Waals surface area contributed by atoms with Crippen LogP contribution in [0.2, 0.25) is 0 Å². The maximum atomic E-state index is 3.15.